The van der Waals surface area contributed by atoms with Crippen molar-refractivity contribution in [3.05, 3.63) is 65.5 Å². The Balaban J connectivity index is 1.53. The number of tetrazole rings is 1. The predicted octanol–water partition coefficient (Wildman–Crippen LogP) is 2.57. The third-order valence-corrected chi connectivity index (χ3v) is 5.05. The van der Waals surface area contributed by atoms with Gasteiger partial charge in [0.05, 0.1) is 11.6 Å². The van der Waals surface area contributed by atoms with Gasteiger partial charge in [-0.2, -0.15) is 5.21 Å². The Morgan fingerprint density at radius 3 is 2.61 bits per heavy atom. The lowest BCUT2D eigenvalue weighted by atomic mass is 10.0. The molecule has 4 rings (SSSR count). The minimum absolute atomic E-state index is 0.00406. The summed E-state index contributed by atoms with van der Waals surface area (Å²) in [4.78, 5) is 15.2. The Morgan fingerprint density at radius 2 is 1.89 bits per heavy atom. The molecule has 1 fully saturated rings. The molecule has 2 aromatic carbocycles. The van der Waals surface area contributed by atoms with Gasteiger partial charge in [0, 0.05) is 12.1 Å². The van der Waals surface area contributed by atoms with Crippen LogP contribution in [0.4, 0.5) is 4.39 Å². The molecule has 2 N–H and O–H groups in total. The number of likely N-dealkylation sites (tertiary alicyclic amines) is 1. The fraction of sp³-hybridized carbons (Fsp3) is 0.300. The molecule has 0 saturated carbocycles. The molecule has 0 aliphatic carbocycles. The number of nitrogens with zero attached hydrogens (tertiary/aromatic N) is 4. The van der Waals surface area contributed by atoms with E-state index in [4.69, 9.17) is 0 Å². The normalized spacial score (nSPS) is 15.5. The largest absolute Gasteiger partial charge is 0.350 e. The summed E-state index contributed by atoms with van der Waals surface area (Å²) in [5.74, 6) is -0.0888. The summed E-state index contributed by atoms with van der Waals surface area (Å²) >= 11 is 0. The zero-order chi connectivity index (χ0) is 19.3. The van der Waals surface area contributed by atoms with Crippen molar-refractivity contribution in [2.24, 2.45) is 0 Å². The van der Waals surface area contributed by atoms with Crippen LogP contribution in [0.15, 0.2) is 48.5 Å². The highest BCUT2D eigenvalue weighted by Crippen LogP contribution is 2.25. The number of aromatic nitrogens is 4. The van der Waals surface area contributed by atoms with Crippen LogP contribution in [0.25, 0.3) is 11.4 Å². The van der Waals surface area contributed by atoms with Crippen LogP contribution in [-0.2, 0) is 0 Å². The number of nitrogens with one attached hydrogen (secondary N) is 2. The maximum Gasteiger partial charge on any atom is 0.252 e. The van der Waals surface area contributed by atoms with Crippen molar-refractivity contribution in [2.75, 3.05) is 19.6 Å². The molecule has 1 unspecified atom stereocenters. The van der Waals surface area contributed by atoms with E-state index in [-0.39, 0.29) is 17.8 Å². The lowest BCUT2D eigenvalue weighted by Gasteiger charge is -2.28. The molecule has 2 heterocycles. The van der Waals surface area contributed by atoms with E-state index in [0.717, 1.165) is 31.5 Å². The monoisotopic (exact) mass is 380 g/mol. The van der Waals surface area contributed by atoms with E-state index in [1.54, 1.807) is 30.3 Å². The van der Waals surface area contributed by atoms with E-state index in [1.165, 1.54) is 12.1 Å². The minimum atomic E-state index is -0.262. The molecule has 144 valence electrons. The molecule has 1 aromatic heterocycles. The number of benzene rings is 2. The van der Waals surface area contributed by atoms with Gasteiger partial charge in [-0.15, -0.1) is 10.2 Å². The van der Waals surface area contributed by atoms with Gasteiger partial charge in [0.15, 0.2) is 0 Å². The van der Waals surface area contributed by atoms with Crippen LogP contribution in [0, 0.1) is 5.82 Å². The van der Waals surface area contributed by atoms with Gasteiger partial charge >= 0.3 is 0 Å². The van der Waals surface area contributed by atoms with Gasteiger partial charge in [-0.05, 0) is 54.9 Å². The molecular formula is C20H21FN6O. The summed E-state index contributed by atoms with van der Waals surface area (Å²) in [5.41, 5.74) is 2.10. The van der Waals surface area contributed by atoms with Crippen molar-refractivity contribution in [1.82, 2.24) is 30.8 Å². The molecule has 1 aliphatic heterocycles. The van der Waals surface area contributed by atoms with Gasteiger partial charge in [0.1, 0.15) is 5.82 Å². The molecule has 1 amide bonds. The van der Waals surface area contributed by atoms with Crippen LogP contribution in [-0.4, -0.2) is 51.1 Å². The average Bonchev–Trinajstić information content (AvgIpc) is 3.44. The van der Waals surface area contributed by atoms with Crippen LogP contribution in [0.2, 0.25) is 0 Å². The maximum atomic E-state index is 13.3. The lowest BCUT2D eigenvalue weighted by molar-refractivity contribution is 0.0938. The quantitative estimate of drug-likeness (QED) is 0.686. The Hall–Kier alpha value is -3.13. The first-order valence-electron chi connectivity index (χ1n) is 9.33. The molecule has 3 aromatic rings. The highest BCUT2D eigenvalue weighted by atomic mass is 19.1. The Bertz CT molecular complexity index is 922. The number of carbonyl (C=O) groups excluding carboxylic acids is 1. The fourth-order valence-corrected chi connectivity index (χ4v) is 3.63. The Labute approximate surface area is 162 Å². The molecule has 28 heavy (non-hydrogen) atoms. The molecule has 1 aliphatic rings. The fourth-order valence-electron chi connectivity index (χ4n) is 3.63. The van der Waals surface area contributed by atoms with E-state index in [2.05, 4.69) is 30.8 Å². The number of hydrogen-bond acceptors (Lipinski definition) is 5. The van der Waals surface area contributed by atoms with E-state index < -0.39 is 0 Å². The molecule has 7 nitrogen and oxygen atoms in total. The first kappa shape index (κ1) is 18.2. The predicted molar refractivity (Wildman–Crippen MR) is 102 cm³/mol. The summed E-state index contributed by atoms with van der Waals surface area (Å²) in [6, 6.07) is 13.7. The SMILES string of the molecule is O=C(NCC(c1ccc(F)cc1)N1CCCC1)c1ccccc1-c1nn[nH]n1. The molecule has 8 heteroatoms. The van der Waals surface area contributed by atoms with Gasteiger partial charge < -0.3 is 5.32 Å². The standard InChI is InChI=1S/C20H21FN6O/c21-15-9-7-14(8-10-15)18(27-11-3-4-12-27)13-22-20(28)17-6-2-1-5-16(17)19-23-25-26-24-19/h1-2,5-10,18H,3-4,11-13H2,(H,22,28)(H,23,24,25,26). The van der Waals surface area contributed by atoms with Gasteiger partial charge in [0.25, 0.3) is 5.91 Å². The van der Waals surface area contributed by atoms with Gasteiger partial charge in [-0.1, -0.05) is 30.3 Å². The minimum Gasteiger partial charge on any atom is -0.350 e. The maximum absolute atomic E-state index is 13.3. The van der Waals surface area contributed by atoms with E-state index in [1.807, 2.05) is 6.07 Å². The smallest absolute Gasteiger partial charge is 0.252 e. The van der Waals surface area contributed by atoms with Crippen LogP contribution in [0.1, 0.15) is 34.8 Å². The second-order valence-electron chi connectivity index (χ2n) is 6.80. The first-order chi connectivity index (χ1) is 13.7. The number of aromatic amines is 1. The van der Waals surface area contributed by atoms with Crippen molar-refractivity contribution in [2.45, 2.75) is 18.9 Å². The molecular weight excluding hydrogens is 359 g/mol. The summed E-state index contributed by atoms with van der Waals surface area (Å²) in [6.07, 6.45) is 2.26. The zero-order valence-corrected chi connectivity index (χ0v) is 15.3. The van der Waals surface area contributed by atoms with Gasteiger partial charge in [-0.3, -0.25) is 9.69 Å². The Kier molecular flexibility index (Phi) is 5.38. The third-order valence-electron chi connectivity index (χ3n) is 5.05. The van der Waals surface area contributed by atoms with Crippen LogP contribution >= 0.6 is 0 Å². The second kappa shape index (κ2) is 8.26. The number of H-pyrrole nitrogens is 1. The summed E-state index contributed by atoms with van der Waals surface area (Å²) < 4.78 is 13.3. The second-order valence-corrected chi connectivity index (χ2v) is 6.80. The number of halogens is 1. The van der Waals surface area contributed by atoms with Crippen molar-refractivity contribution >= 4 is 5.91 Å². The summed E-state index contributed by atoms with van der Waals surface area (Å²) in [5, 5.41) is 17.0. The molecule has 1 saturated heterocycles. The number of carbonyl (C=O) groups is 1. The van der Waals surface area contributed by atoms with Crippen LogP contribution in [0.3, 0.4) is 0 Å². The average molecular weight is 380 g/mol. The topological polar surface area (TPSA) is 86.8 Å². The third kappa shape index (κ3) is 3.91. The molecule has 1 atom stereocenters. The van der Waals surface area contributed by atoms with Crippen LogP contribution < -0.4 is 5.32 Å². The zero-order valence-electron chi connectivity index (χ0n) is 15.3. The van der Waals surface area contributed by atoms with Crippen LogP contribution in [0.5, 0.6) is 0 Å². The van der Waals surface area contributed by atoms with Crippen molar-refractivity contribution < 1.29 is 9.18 Å². The first-order valence-corrected chi connectivity index (χ1v) is 9.33. The summed E-state index contributed by atoms with van der Waals surface area (Å²) in [7, 11) is 0. The van der Waals surface area contributed by atoms with E-state index in [9.17, 15) is 9.18 Å². The highest BCUT2D eigenvalue weighted by Gasteiger charge is 2.25. The highest BCUT2D eigenvalue weighted by molar-refractivity contribution is 6.00. The Morgan fingerprint density at radius 1 is 1.14 bits per heavy atom. The number of rotatable bonds is 6. The van der Waals surface area contributed by atoms with Crippen molar-refractivity contribution in [1.29, 1.82) is 0 Å². The number of amides is 1. The summed E-state index contributed by atoms with van der Waals surface area (Å²) in [6.45, 7) is 2.37. The van der Waals surface area contributed by atoms with E-state index >= 15 is 0 Å². The number of hydrogen-bond donors (Lipinski definition) is 2. The van der Waals surface area contributed by atoms with Gasteiger partial charge in [0.2, 0.25) is 5.82 Å². The molecule has 0 radical (unpaired) electrons. The van der Waals surface area contributed by atoms with Crippen molar-refractivity contribution in [3.8, 4) is 11.4 Å². The van der Waals surface area contributed by atoms with Crippen molar-refractivity contribution in [3.63, 3.8) is 0 Å². The van der Waals surface area contributed by atoms with Gasteiger partial charge in [-0.25, -0.2) is 4.39 Å². The molecule has 0 spiro atoms. The van der Waals surface area contributed by atoms with E-state index in [0.29, 0.717) is 23.5 Å². The lowest BCUT2D eigenvalue weighted by Crippen LogP contribution is -2.37. The molecule has 0 bridgehead atoms.